The molecule has 0 atom stereocenters. The van der Waals surface area contributed by atoms with Crippen molar-refractivity contribution in [2.45, 2.75) is 0 Å². The highest BCUT2D eigenvalue weighted by molar-refractivity contribution is 6.21. The van der Waals surface area contributed by atoms with Gasteiger partial charge in [-0.15, -0.1) is 0 Å². The predicted molar refractivity (Wildman–Crippen MR) is 116 cm³/mol. The van der Waals surface area contributed by atoms with Crippen LogP contribution in [0, 0.1) is 0 Å². The second-order valence-corrected chi connectivity index (χ2v) is 6.69. The van der Waals surface area contributed by atoms with Gasteiger partial charge in [0.2, 0.25) is 0 Å². The number of methoxy groups -OCH3 is 1. The van der Waals surface area contributed by atoms with Crippen LogP contribution in [0.25, 0.3) is 10.8 Å². The van der Waals surface area contributed by atoms with Crippen LogP contribution in [0.15, 0.2) is 95.3 Å². The van der Waals surface area contributed by atoms with Crippen molar-refractivity contribution in [3.63, 3.8) is 0 Å². The minimum Gasteiger partial charge on any atom is -0.497 e. The molecule has 0 saturated carbocycles. The number of rotatable bonds is 3. The van der Waals surface area contributed by atoms with Gasteiger partial charge in [-0.1, -0.05) is 30.3 Å². The lowest BCUT2D eigenvalue weighted by atomic mass is 9.97. The van der Waals surface area contributed by atoms with E-state index in [0.29, 0.717) is 5.84 Å². The molecule has 0 amide bonds. The zero-order chi connectivity index (χ0) is 19.6. The molecule has 0 aliphatic carbocycles. The zero-order valence-electron chi connectivity index (χ0n) is 15.8. The molecule has 5 rings (SSSR count). The standard InChI is InChI=1S/C24H18N4O/c1-29-19-11-8-17(9-12-19)22-21-13-10-16-5-2-3-7-20(16)23(21)26-24(28-27-22)18-6-4-14-25-15-18/h2-15H,1H3,(H,26,28). The van der Waals surface area contributed by atoms with E-state index in [0.717, 1.165) is 44.6 Å². The molecule has 0 unspecified atom stereocenters. The normalized spacial score (nSPS) is 13.0. The van der Waals surface area contributed by atoms with Gasteiger partial charge in [-0.2, -0.15) is 5.10 Å². The molecule has 3 aromatic carbocycles. The molecule has 0 radical (unpaired) electrons. The first-order valence-corrected chi connectivity index (χ1v) is 9.33. The molecule has 0 fully saturated rings. The van der Waals surface area contributed by atoms with Crippen LogP contribution in [-0.4, -0.2) is 23.6 Å². The van der Waals surface area contributed by atoms with Gasteiger partial charge in [0.05, 0.1) is 12.8 Å². The molecule has 1 aliphatic rings. The maximum Gasteiger partial charge on any atom is 0.155 e. The van der Waals surface area contributed by atoms with E-state index in [1.54, 1.807) is 19.5 Å². The van der Waals surface area contributed by atoms with Crippen molar-refractivity contribution >= 4 is 28.0 Å². The van der Waals surface area contributed by atoms with Crippen LogP contribution in [0.3, 0.4) is 0 Å². The average Bonchev–Trinajstić information content (AvgIpc) is 3.00. The summed E-state index contributed by atoms with van der Waals surface area (Å²) in [6, 6.07) is 24.2. The van der Waals surface area contributed by atoms with Crippen LogP contribution in [0.2, 0.25) is 0 Å². The minimum absolute atomic E-state index is 0.666. The number of hydrogen-bond donors (Lipinski definition) is 1. The Labute approximate surface area is 168 Å². The molecular formula is C24H18N4O. The highest BCUT2D eigenvalue weighted by atomic mass is 16.5. The Kier molecular flexibility index (Phi) is 4.26. The van der Waals surface area contributed by atoms with Crippen LogP contribution in [0.5, 0.6) is 5.75 Å². The van der Waals surface area contributed by atoms with Crippen molar-refractivity contribution in [3.8, 4) is 5.75 Å². The first-order chi connectivity index (χ1) is 14.3. The van der Waals surface area contributed by atoms with Crippen molar-refractivity contribution < 1.29 is 4.74 Å². The Morgan fingerprint density at radius 3 is 2.48 bits per heavy atom. The van der Waals surface area contributed by atoms with Gasteiger partial charge in [-0.05, 0) is 47.9 Å². The van der Waals surface area contributed by atoms with E-state index in [2.05, 4.69) is 34.7 Å². The number of ether oxygens (including phenoxy) is 1. The summed E-state index contributed by atoms with van der Waals surface area (Å²) in [5.74, 6) is 1.47. The Balaban J connectivity index is 1.74. The number of nitrogens with one attached hydrogen (secondary N) is 1. The second kappa shape index (κ2) is 7.20. The third kappa shape index (κ3) is 3.12. The number of amidine groups is 1. The molecule has 1 aliphatic heterocycles. The molecule has 5 nitrogen and oxygen atoms in total. The molecule has 140 valence electrons. The number of nitrogens with zero attached hydrogens (tertiary/aromatic N) is 3. The van der Waals surface area contributed by atoms with Crippen molar-refractivity contribution in [1.29, 1.82) is 0 Å². The molecule has 0 spiro atoms. The van der Waals surface area contributed by atoms with E-state index < -0.39 is 0 Å². The van der Waals surface area contributed by atoms with Gasteiger partial charge in [0.25, 0.3) is 0 Å². The van der Waals surface area contributed by atoms with Gasteiger partial charge < -0.3 is 4.74 Å². The molecular weight excluding hydrogens is 360 g/mol. The average molecular weight is 378 g/mol. The smallest absolute Gasteiger partial charge is 0.155 e. The lowest BCUT2D eigenvalue weighted by Gasteiger charge is -2.11. The number of benzene rings is 3. The fourth-order valence-electron chi connectivity index (χ4n) is 3.47. The van der Waals surface area contributed by atoms with Gasteiger partial charge in [-0.25, -0.2) is 4.99 Å². The summed E-state index contributed by atoms with van der Waals surface area (Å²) in [6.07, 6.45) is 3.53. The molecule has 1 N–H and O–H groups in total. The fourth-order valence-corrected chi connectivity index (χ4v) is 3.47. The Morgan fingerprint density at radius 1 is 0.828 bits per heavy atom. The molecule has 4 aromatic rings. The molecule has 1 aromatic heterocycles. The lowest BCUT2D eigenvalue weighted by molar-refractivity contribution is 0.415. The SMILES string of the molecule is COc1ccc(C2=NNC(c3cccnc3)=Nc3c2ccc2ccccc32)cc1. The van der Waals surface area contributed by atoms with Crippen LogP contribution in [0.1, 0.15) is 16.7 Å². The molecule has 29 heavy (non-hydrogen) atoms. The summed E-state index contributed by atoms with van der Waals surface area (Å²) in [5.41, 5.74) is 7.71. The van der Waals surface area contributed by atoms with Crippen molar-refractivity contribution in [2.75, 3.05) is 7.11 Å². The van der Waals surface area contributed by atoms with Crippen molar-refractivity contribution in [1.82, 2.24) is 10.4 Å². The molecule has 2 heterocycles. The summed E-state index contributed by atoms with van der Waals surface area (Å²) < 4.78 is 5.30. The number of aliphatic imine (C=N–C) groups is 1. The summed E-state index contributed by atoms with van der Waals surface area (Å²) >= 11 is 0. The topological polar surface area (TPSA) is 58.9 Å². The number of fused-ring (bicyclic) bond motifs is 3. The number of aromatic nitrogens is 1. The van der Waals surface area contributed by atoms with Crippen LogP contribution < -0.4 is 10.2 Å². The highest BCUT2D eigenvalue weighted by Gasteiger charge is 2.19. The molecule has 5 heteroatoms. The van der Waals surface area contributed by atoms with Gasteiger partial charge >= 0.3 is 0 Å². The van der Waals surface area contributed by atoms with Crippen LogP contribution in [0.4, 0.5) is 5.69 Å². The van der Waals surface area contributed by atoms with E-state index in [-0.39, 0.29) is 0 Å². The third-order valence-electron chi connectivity index (χ3n) is 4.95. The van der Waals surface area contributed by atoms with E-state index in [9.17, 15) is 0 Å². The van der Waals surface area contributed by atoms with Gasteiger partial charge in [-0.3, -0.25) is 10.4 Å². The van der Waals surface area contributed by atoms with Gasteiger partial charge in [0, 0.05) is 34.5 Å². The Hall–Kier alpha value is -3.99. The maximum absolute atomic E-state index is 5.30. The predicted octanol–water partition coefficient (Wildman–Crippen LogP) is 4.68. The first-order valence-electron chi connectivity index (χ1n) is 9.33. The van der Waals surface area contributed by atoms with Crippen LogP contribution >= 0.6 is 0 Å². The fraction of sp³-hybridized carbons (Fsp3) is 0.0417. The molecule has 0 saturated heterocycles. The van der Waals surface area contributed by atoms with E-state index in [1.807, 2.05) is 48.5 Å². The summed E-state index contributed by atoms with van der Waals surface area (Å²) in [4.78, 5) is 9.20. The Morgan fingerprint density at radius 2 is 1.69 bits per heavy atom. The van der Waals surface area contributed by atoms with Crippen molar-refractivity contribution in [3.05, 3.63) is 102 Å². The summed E-state index contributed by atoms with van der Waals surface area (Å²) in [7, 11) is 1.66. The number of hydrazone groups is 1. The van der Waals surface area contributed by atoms with E-state index >= 15 is 0 Å². The van der Waals surface area contributed by atoms with E-state index in [1.165, 1.54) is 0 Å². The molecule has 0 bridgehead atoms. The van der Waals surface area contributed by atoms with Crippen LogP contribution in [-0.2, 0) is 0 Å². The maximum atomic E-state index is 5.30. The monoisotopic (exact) mass is 378 g/mol. The third-order valence-corrected chi connectivity index (χ3v) is 4.95. The largest absolute Gasteiger partial charge is 0.497 e. The first kappa shape index (κ1) is 17.1. The highest BCUT2D eigenvalue weighted by Crippen LogP contribution is 2.34. The number of pyridine rings is 1. The zero-order valence-corrected chi connectivity index (χ0v) is 15.8. The summed E-state index contributed by atoms with van der Waals surface area (Å²) in [6.45, 7) is 0. The second-order valence-electron chi connectivity index (χ2n) is 6.69. The lowest BCUT2D eigenvalue weighted by Crippen LogP contribution is -2.19. The van der Waals surface area contributed by atoms with Gasteiger partial charge in [0.1, 0.15) is 11.5 Å². The number of hydrogen-bond acceptors (Lipinski definition) is 5. The van der Waals surface area contributed by atoms with Crippen molar-refractivity contribution in [2.24, 2.45) is 10.1 Å². The van der Waals surface area contributed by atoms with E-state index in [4.69, 9.17) is 14.8 Å². The Bertz CT molecular complexity index is 1250. The van der Waals surface area contributed by atoms with Gasteiger partial charge in [0.15, 0.2) is 5.84 Å². The minimum atomic E-state index is 0.666. The quantitative estimate of drug-likeness (QED) is 0.563. The summed E-state index contributed by atoms with van der Waals surface area (Å²) in [5, 5.41) is 6.94.